The number of hydrogen-bond donors (Lipinski definition) is 1. The Balaban J connectivity index is 2.51. The molecule has 1 fully saturated rings. The number of hydrogen-bond acceptors (Lipinski definition) is 1. The molecule has 1 aliphatic carbocycles. The molecule has 2 rings (SSSR count). The number of benzene rings is 1. The van der Waals surface area contributed by atoms with Crippen LogP contribution in [0.4, 0.5) is 0 Å². The number of aromatic hydroxyl groups is 1. The molecule has 0 aliphatic heterocycles. The first-order chi connectivity index (χ1) is 7.37. The third kappa shape index (κ3) is 1.53. The van der Waals surface area contributed by atoms with E-state index in [0.29, 0.717) is 5.75 Å². The Labute approximate surface area is 98.5 Å². The van der Waals surface area contributed by atoms with E-state index in [1.54, 1.807) is 0 Å². The van der Waals surface area contributed by atoms with Crippen molar-refractivity contribution in [2.24, 2.45) is 5.41 Å². The average molecular weight is 218 g/mol. The second-order valence-electron chi connectivity index (χ2n) is 6.09. The minimum absolute atomic E-state index is 0.116. The van der Waals surface area contributed by atoms with Gasteiger partial charge >= 0.3 is 0 Å². The van der Waals surface area contributed by atoms with Crippen LogP contribution in [0.5, 0.6) is 5.75 Å². The molecule has 0 spiro atoms. The fraction of sp³-hybridized carbons (Fsp3) is 0.600. The highest BCUT2D eigenvalue weighted by Gasteiger charge is 2.47. The molecule has 88 valence electrons. The van der Waals surface area contributed by atoms with Crippen molar-refractivity contribution in [3.8, 4) is 5.75 Å². The highest BCUT2D eigenvalue weighted by atomic mass is 16.3. The Morgan fingerprint density at radius 1 is 1.12 bits per heavy atom. The van der Waals surface area contributed by atoms with Gasteiger partial charge in [-0.1, -0.05) is 39.3 Å². The van der Waals surface area contributed by atoms with Crippen molar-refractivity contribution in [3.05, 3.63) is 29.3 Å². The summed E-state index contributed by atoms with van der Waals surface area (Å²) in [6, 6.07) is 6.10. The molecule has 16 heavy (non-hydrogen) atoms. The van der Waals surface area contributed by atoms with Gasteiger partial charge in [0.05, 0.1) is 0 Å². The summed E-state index contributed by atoms with van der Waals surface area (Å²) in [6.07, 6.45) is 3.68. The Bertz CT molecular complexity index is 406. The van der Waals surface area contributed by atoms with Crippen LogP contribution in [0.2, 0.25) is 0 Å². The molecule has 1 aliphatic rings. The highest BCUT2D eigenvalue weighted by molar-refractivity contribution is 5.43. The van der Waals surface area contributed by atoms with Gasteiger partial charge in [-0.3, -0.25) is 0 Å². The smallest absolute Gasteiger partial charge is 0.119 e. The first kappa shape index (κ1) is 11.5. The van der Waals surface area contributed by atoms with E-state index in [1.165, 1.54) is 19.3 Å². The number of phenols is 1. The summed E-state index contributed by atoms with van der Waals surface area (Å²) in [5, 5.41) is 10.1. The Hall–Kier alpha value is -0.980. The Morgan fingerprint density at radius 2 is 1.81 bits per heavy atom. The van der Waals surface area contributed by atoms with Crippen LogP contribution in [0.3, 0.4) is 0 Å². The molecule has 1 atom stereocenters. The minimum Gasteiger partial charge on any atom is -0.508 e. The first-order valence-electron chi connectivity index (χ1n) is 6.17. The third-order valence-electron chi connectivity index (χ3n) is 4.72. The zero-order chi connectivity index (χ0) is 12.0. The summed E-state index contributed by atoms with van der Waals surface area (Å²) in [4.78, 5) is 0. The van der Waals surface area contributed by atoms with E-state index in [1.807, 2.05) is 13.0 Å². The molecule has 1 nitrogen and oxygen atoms in total. The average Bonchev–Trinajstić information content (AvgIpc) is 2.41. The van der Waals surface area contributed by atoms with E-state index in [-0.39, 0.29) is 10.8 Å². The lowest BCUT2D eigenvalue weighted by Crippen LogP contribution is -2.34. The Kier molecular flexibility index (Phi) is 2.52. The molecule has 0 radical (unpaired) electrons. The van der Waals surface area contributed by atoms with Crippen molar-refractivity contribution >= 4 is 0 Å². The van der Waals surface area contributed by atoms with E-state index in [4.69, 9.17) is 0 Å². The summed E-state index contributed by atoms with van der Waals surface area (Å²) in [6.45, 7) is 8.95. The van der Waals surface area contributed by atoms with Crippen LogP contribution >= 0.6 is 0 Å². The lowest BCUT2D eigenvalue weighted by molar-refractivity contribution is 0.219. The molecule has 1 N–H and O–H groups in total. The van der Waals surface area contributed by atoms with Crippen molar-refractivity contribution in [2.75, 3.05) is 0 Å². The van der Waals surface area contributed by atoms with Gasteiger partial charge in [0.25, 0.3) is 0 Å². The second kappa shape index (κ2) is 3.51. The van der Waals surface area contributed by atoms with Crippen molar-refractivity contribution in [1.82, 2.24) is 0 Å². The van der Waals surface area contributed by atoms with Gasteiger partial charge in [0, 0.05) is 11.0 Å². The largest absolute Gasteiger partial charge is 0.508 e. The van der Waals surface area contributed by atoms with Crippen LogP contribution in [0.25, 0.3) is 0 Å². The summed E-state index contributed by atoms with van der Waals surface area (Å²) in [7, 11) is 0. The quantitative estimate of drug-likeness (QED) is 0.750. The van der Waals surface area contributed by atoms with Gasteiger partial charge < -0.3 is 5.11 Å². The van der Waals surface area contributed by atoms with Crippen LogP contribution in [0.1, 0.15) is 51.2 Å². The van der Waals surface area contributed by atoms with Gasteiger partial charge in [0.15, 0.2) is 0 Å². The molecule has 1 heteroatoms. The number of aryl methyl sites for hydroxylation is 1. The minimum atomic E-state index is 0.116. The number of rotatable bonds is 1. The predicted octanol–water partition coefficient (Wildman–Crippen LogP) is 4.17. The molecule has 0 saturated heterocycles. The summed E-state index contributed by atoms with van der Waals surface area (Å²) < 4.78 is 0. The SMILES string of the molecule is Cc1ccc([C@@]2(C)CCCC2(C)C)c(O)c1. The predicted molar refractivity (Wildman–Crippen MR) is 67.8 cm³/mol. The van der Waals surface area contributed by atoms with Gasteiger partial charge in [-0.05, 0) is 36.8 Å². The fourth-order valence-corrected chi connectivity index (χ4v) is 3.11. The van der Waals surface area contributed by atoms with E-state index in [9.17, 15) is 5.11 Å². The van der Waals surface area contributed by atoms with Gasteiger partial charge in [-0.2, -0.15) is 0 Å². The van der Waals surface area contributed by atoms with Gasteiger partial charge in [-0.25, -0.2) is 0 Å². The van der Waals surface area contributed by atoms with E-state index in [0.717, 1.165) is 11.1 Å². The molecular weight excluding hydrogens is 196 g/mol. The van der Waals surface area contributed by atoms with Crippen LogP contribution in [0, 0.1) is 12.3 Å². The van der Waals surface area contributed by atoms with Crippen LogP contribution in [0.15, 0.2) is 18.2 Å². The maximum absolute atomic E-state index is 10.1. The van der Waals surface area contributed by atoms with E-state index >= 15 is 0 Å². The molecule has 1 aromatic carbocycles. The standard InChI is InChI=1S/C15H22O/c1-11-6-7-12(13(16)10-11)15(4)9-5-8-14(15,2)3/h6-7,10,16H,5,8-9H2,1-4H3/t15-/m1/s1. The lowest BCUT2D eigenvalue weighted by Gasteiger charge is -2.39. The zero-order valence-corrected chi connectivity index (χ0v) is 10.8. The van der Waals surface area contributed by atoms with Crippen LogP contribution < -0.4 is 0 Å². The van der Waals surface area contributed by atoms with Crippen molar-refractivity contribution in [2.45, 2.75) is 52.4 Å². The van der Waals surface area contributed by atoms with E-state index < -0.39 is 0 Å². The van der Waals surface area contributed by atoms with Crippen molar-refractivity contribution < 1.29 is 5.11 Å². The topological polar surface area (TPSA) is 20.2 Å². The van der Waals surface area contributed by atoms with Gasteiger partial charge in [0.1, 0.15) is 5.75 Å². The molecule has 0 amide bonds. The maximum Gasteiger partial charge on any atom is 0.119 e. The summed E-state index contributed by atoms with van der Waals surface area (Å²) in [5.74, 6) is 0.470. The molecule has 1 aromatic rings. The number of phenolic OH excluding ortho intramolecular Hbond substituents is 1. The summed E-state index contributed by atoms with van der Waals surface area (Å²) >= 11 is 0. The Morgan fingerprint density at radius 3 is 2.31 bits per heavy atom. The molecular formula is C15H22O. The van der Waals surface area contributed by atoms with Crippen LogP contribution in [-0.2, 0) is 5.41 Å². The zero-order valence-electron chi connectivity index (χ0n) is 10.8. The molecule has 0 aromatic heterocycles. The van der Waals surface area contributed by atoms with Gasteiger partial charge in [-0.15, -0.1) is 0 Å². The monoisotopic (exact) mass is 218 g/mol. The molecule has 0 bridgehead atoms. The molecule has 1 saturated carbocycles. The van der Waals surface area contributed by atoms with Crippen LogP contribution in [-0.4, -0.2) is 5.11 Å². The third-order valence-corrected chi connectivity index (χ3v) is 4.72. The second-order valence-corrected chi connectivity index (χ2v) is 6.09. The lowest BCUT2D eigenvalue weighted by atomic mass is 9.65. The molecule has 0 unspecified atom stereocenters. The van der Waals surface area contributed by atoms with Gasteiger partial charge in [0.2, 0.25) is 0 Å². The fourth-order valence-electron chi connectivity index (χ4n) is 3.11. The maximum atomic E-state index is 10.1. The van der Waals surface area contributed by atoms with Crippen molar-refractivity contribution in [1.29, 1.82) is 0 Å². The highest BCUT2D eigenvalue weighted by Crippen LogP contribution is 2.55. The summed E-state index contributed by atoms with van der Waals surface area (Å²) in [5.41, 5.74) is 2.64. The normalized spacial score (nSPS) is 28.2. The molecule has 0 heterocycles. The van der Waals surface area contributed by atoms with E-state index in [2.05, 4.69) is 32.9 Å². The van der Waals surface area contributed by atoms with Crippen molar-refractivity contribution in [3.63, 3.8) is 0 Å². The first-order valence-corrected chi connectivity index (χ1v) is 6.17.